The Morgan fingerprint density at radius 3 is 2.56 bits per heavy atom. The molecule has 0 amide bonds. The van der Waals surface area contributed by atoms with Crippen molar-refractivity contribution in [1.29, 1.82) is 0 Å². The van der Waals surface area contributed by atoms with Gasteiger partial charge in [0.1, 0.15) is 5.52 Å². The lowest BCUT2D eigenvalue weighted by atomic mass is 10.0. The van der Waals surface area contributed by atoms with Crippen LogP contribution in [0.1, 0.15) is 32.6 Å². The second-order valence-corrected chi connectivity index (χ2v) is 7.79. The van der Waals surface area contributed by atoms with Crippen molar-refractivity contribution in [3.8, 4) is 0 Å². The lowest BCUT2D eigenvalue weighted by Gasteiger charge is -2.33. The Morgan fingerprint density at radius 1 is 0.926 bits per heavy atom. The number of para-hydroxylation sites is 3. The molecule has 0 saturated carbocycles. The van der Waals surface area contributed by atoms with Gasteiger partial charge in [-0.1, -0.05) is 36.8 Å². The first kappa shape index (κ1) is 16.7. The van der Waals surface area contributed by atoms with Crippen LogP contribution in [0.3, 0.4) is 0 Å². The monoisotopic (exact) mass is 358 g/mol. The van der Waals surface area contributed by atoms with Gasteiger partial charge in [-0.15, -0.1) is 0 Å². The van der Waals surface area contributed by atoms with Crippen LogP contribution in [-0.2, 0) is 6.54 Å². The predicted octanol–water partition coefficient (Wildman–Crippen LogP) is 5.00. The van der Waals surface area contributed by atoms with Gasteiger partial charge in [-0.25, -0.2) is 9.97 Å². The van der Waals surface area contributed by atoms with E-state index in [0.717, 1.165) is 47.7 Å². The highest BCUT2D eigenvalue weighted by molar-refractivity contribution is 6.06. The van der Waals surface area contributed by atoms with Gasteiger partial charge >= 0.3 is 0 Å². The molecule has 0 spiro atoms. The van der Waals surface area contributed by atoms with Crippen molar-refractivity contribution >= 4 is 33.1 Å². The fourth-order valence-corrected chi connectivity index (χ4v) is 4.53. The van der Waals surface area contributed by atoms with Crippen LogP contribution in [0, 0.1) is 0 Å². The molecular formula is C23H26N4. The lowest BCUT2D eigenvalue weighted by molar-refractivity contribution is 0.157. The molecule has 1 aliphatic heterocycles. The minimum Gasteiger partial charge on any atom is -0.324 e. The Balaban J connectivity index is 1.52. The van der Waals surface area contributed by atoms with Crippen LogP contribution >= 0.6 is 0 Å². The molecule has 0 aliphatic carbocycles. The summed E-state index contributed by atoms with van der Waals surface area (Å²) in [6.07, 6.45) is 5.21. The first-order valence-corrected chi connectivity index (χ1v) is 10.2. The Morgan fingerprint density at radius 2 is 1.70 bits per heavy atom. The molecule has 4 aromatic rings. The summed E-state index contributed by atoms with van der Waals surface area (Å²) >= 11 is 0. The maximum atomic E-state index is 4.98. The van der Waals surface area contributed by atoms with Crippen LogP contribution in [0.25, 0.3) is 33.1 Å². The number of hydrogen-bond donors (Lipinski definition) is 0. The highest BCUT2D eigenvalue weighted by Gasteiger charge is 2.18. The van der Waals surface area contributed by atoms with Crippen LogP contribution in [0.2, 0.25) is 0 Å². The van der Waals surface area contributed by atoms with Gasteiger partial charge in [0.2, 0.25) is 0 Å². The van der Waals surface area contributed by atoms with Gasteiger partial charge in [0.25, 0.3) is 0 Å². The molecular weight excluding hydrogens is 332 g/mol. The van der Waals surface area contributed by atoms with Crippen molar-refractivity contribution < 1.29 is 0 Å². The number of piperidine rings is 1. The first-order chi connectivity index (χ1) is 13.3. The van der Waals surface area contributed by atoms with Crippen molar-refractivity contribution in [2.75, 3.05) is 13.1 Å². The normalized spacial score (nSPS) is 18.6. The van der Waals surface area contributed by atoms with E-state index >= 15 is 0 Å². The molecule has 1 aliphatic rings. The average molecular weight is 358 g/mol. The second kappa shape index (κ2) is 6.93. The van der Waals surface area contributed by atoms with Gasteiger partial charge in [0.05, 0.1) is 16.6 Å². The summed E-state index contributed by atoms with van der Waals surface area (Å²) in [5, 5.41) is 1.21. The zero-order valence-corrected chi connectivity index (χ0v) is 15.9. The molecule has 27 heavy (non-hydrogen) atoms. The largest absolute Gasteiger partial charge is 0.324 e. The van der Waals surface area contributed by atoms with Crippen LogP contribution in [0.15, 0.2) is 48.5 Å². The van der Waals surface area contributed by atoms with Gasteiger partial charge < -0.3 is 9.47 Å². The van der Waals surface area contributed by atoms with Gasteiger partial charge in [-0.3, -0.25) is 0 Å². The molecule has 0 bridgehead atoms. The maximum Gasteiger partial charge on any atom is 0.160 e. The highest BCUT2D eigenvalue weighted by Crippen LogP contribution is 2.28. The van der Waals surface area contributed by atoms with Crippen molar-refractivity contribution in [3.05, 3.63) is 48.5 Å². The highest BCUT2D eigenvalue weighted by atomic mass is 15.2. The van der Waals surface area contributed by atoms with E-state index < -0.39 is 0 Å². The molecule has 0 N–H and O–H groups in total. The Bertz CT molecular complexity index is 1100. The predicted molar refractivity (Wildman–Crippen MR) is 112 cm³/mol. The fourth-order valence-electron chi connectivity index (χ4n) is 4.53. The summed E-state index contributed by atoms with van der Waals surface area (Å²) in [5.41, 5.74) is 5.22. The van der Waals surface area contributed by atoms with Crippen molar-refractivity contribution in [2.24, 2.45) is 0 Å². The van der Waals surface area contributed by atoms with Crippen molar-refractivity contribution in [1.82, 2.24) is 19.4 Å². The molecule has 1 saturated heterocycles. The quantitative estimate of drug-likeness (QED) is 0.515. The third kappa shape index (κ3) is 2.98. The van der Waals surface area contributed by atoms with Crippen molar-refractivity contribution in [3.63, 3.8) is 0 Å². The number of benzene rings is 2. The summed E-state index contributed by atoms with van der Waals surface area (Å²) in [5.74, 6) is 0. The van der Waals surface area contributed by atoms with Gasteiger partial charge in [0, 0.05) is 24.5 Å². The Hall–Kier alpha value is -2.46. The average Bonchev–Trinajstić information content (AvgIpc) is 3.01. The summed E-state index contributed by atoms with van der Waals surface area (Å²) in [4.78, 5) is 12.6. The molecule has 0 radical (unpaired) electrons. The van der Waals surface area contributed by atoms with E-state index in [2.05, 4.69) is 46.7 Å². The summed E-state index contributed by atoms with van der Waals surface area (Å²) in [6.45, 7) is 5.77. The molecule has 4 heteroatoms. The minimum atomic E-state index is 0.723. The molecule has 1 fully saturated rings. The number of likely N-dealkylation sites (tertiary alicyclic amines) is 1. The molecule has 1 unspecified atom stereocenters. The van der Waals surface area contributed by atoms with Crippen LogP contribution in [0.5, 0.6) is 0 Å². The third-order valence-electron chi connectivity index (χ3n) is 6.03. The van der Waals surface area contributed by atoms with E-state index in [1.165, 1.54) is 36.7 Å². The lowest BCUT2D eigenvalue weighted by Crippen LogP contribution is -2.38. The summed E-state index contributed by atoms with van der Waals surface area (Å²) in [7, 11) is 0. The number of hydrogen-bond acceptors (Lipinski definition) is 3. The van der Waals surface area contributed by atoms with E-state index in [1.54, 1.807) is 0 Å². The number of nitrogens with zero attached hydrogens (tertiary/aromatic N) is 4. The van der Waals surface area contributed by atoms with Gasteiger partial charge in [-0.2, -0.15) is 0 Å². The number of fused-ring (bicyclic) bond motifs is 4. The molecule has 138 valence electrons. The Labute approximate surface area is 159 Å². The van der Waals surface area contributed by atoms with Crippen LogP contribution in [0.4, 0.5) is 0 Å². The Kier molecular flexibility index (Phi) is 4.29. The van der Waals surface area contributed by atoms with Gasteiger partial charge in [-0.05, 0) is 50.9 Å². The van der Waals surface area contributed by atoms with Crippen molar-refractivity contribution in [2.45, 2.75) is 45.2 Å². The number of aromatic nitrogens is 3. The molecule has 2 aromatic carbocycles. The molecule has 1 atom stereocenters. The maximum absolute atomic E-state index is 4.98. The molecule has 3 heterocycles. The minimum absolute atomic E-state index is 0.723. The van der Waals surface area contributed by atoms with Crippen LogP contribution < -0.4 is 0 Å². The van der Waals surface area contributed by atoms with Gasteiger partial charge in [0.15, 0.2) is 5.65 Å². The molecule has 5 rings (SSSR count). The van der Waals surface area contributed by atoms with E-state index in [-0.39, 0.29) is 0 Å². The second-order valence-electron chi connectivity index (χ2n) is 7.79. The smallest absolute Gasteiger partial charge is 0.160 e. The summed E-state index contributed by atoms with van der Waals surface area (Å²) in [6, 6.07) is 17.5. The molecule has 2 aromatic heterocycles. The van der Waals surface area contributed by atoms with E-state index in [9.17, 15) is 0 Å². The first-order valence-electron chi connectivity index (χ1n) is 10.2. The fraction of sp³-hybridized carbons (Fsp3) is 0.391. The van der Waals surface area contributed by atoms with Crippen LogP contribution in [-0.4, -0.2) is 38.6 Å². The number of rotatable bonds is 4. The zero-order chi connectivity index (χ0) is 18.2. The van der Waals surface area contributed by atoms with E-state index in [4.69, 9.17) is 9.97 Å². The third-order valence-corrected chi connectivity index (χ3v) is 6.03. The topological polar surface area (TPSA) is 34.0 Å². The van der Waals surface area contributed by atoms with E-state index in [0.29, 0.717) is 0 Å². The zero-order valence-electron chi connectivity index (χ0n) is 15.9. The molecule has 4 nitrogen and oxygen atoms in total. The van der Waals surface area contributed by atoms with E-state index in [1.807, 2.05) is 18.2 Å². The standard InChI is InChI=1S/C23H26N4/c1-17-9-6-7-14-26(17)15-8-16-27-21-13-5-2-10-18(21)22-23(27)25-20-12-4-3-11-19(20)24-22/h2-5,10-13,17H,6-9,14-16H2,1H3. The summed E-state index contributed by atoms with van der Waals surface area (Å²) < 4.78 is 2.37. The number of aryl methyl sites for hydroxylation is 1. The SMILES string of the molecule is CC1CCCCN1CCCn1c2ccccc2c2nc3ccccc3nc21.